The largest absolute Gasteiger partial charge is 0.489 e. The lowest BCUT2D eigenvalue weighted by Gasteiger charge is -2.11. The molecule has 0 bridgehead atoms. The molecule has 132 valence electrons. The number of benzene rings is 1. The highest BCUT2D eigenvalue weighted by Gasteiger charge is 2.32. The molecule has 1 aliphatic rings. The zero-order chi connectivity index (χ0) is 18.4. The first-order chi connectivity index (χ1) is 12.7. The number of nitrogens with zero attached hydrogens (tertiary/aromatic N) is 3. The number of thioether (sulfide) groups is 1. The van der Waals surface area contributed by atoms with E-state index in [4.69, 9.17) is 4.74 Å². The van der Waals surface area contributed by atoms with Gasteiger partial charge in [0.05, 0.1) is 16.8 Å². The van der Waals surface area contributed by atoms with Crippen molar-refractivity contribution in [1.29, 1.82) is 0 Å². The third-order valence-electron chi connectivity index (χ3n) is 3.64. The highest BCUT2D eigenvalue weighted by atomic mass is 32.2. The molecule has 0 radical (unpaired) electrons. The highest BCUT2D eigenvalue weighted by Crippen LogP contribution is 2.35. The number of ether oxygens (including phenoxy) is 1. The molecule has 0 atom stereocenters. The summed E-state index contributed by atoms with van der Waals surface area (Å²) in [5, 5.41) is 0.654. The van der Waals surface area contributed by atoms with Gasteiger partial charge in [-0.1, -0.05) is 30.9 Å². The zero-order valence-corrected chi connectivity index (χ0v) is 15.3. The molecule has 6 heteroatoms. The first kappa shape index (κ1) is 17.9. The summed E-state index contributed by atoms with van der Waals surface area (Å²) in [6.07, 6.45) is 6.91. The van der Waals surface area contributed by atoms with Crippen LogP contribution in [0.4, 0.5) is 5.69 Å². The maximum atomic E-state index is 12.8. The predicted molar refractivity (Wildman–Crippen MR) is 106 cm³/mol. The van der Waals surface area contributed by atoms with Gasteiger partial charge >= 0.3 is 0 Å². The van der Waals surface area contributed by atoms with Crippen LogP contribution in [0.3, 0.4) is 0 Å². The van der Waals surface area contributed by atoms with E-state index in [1.165, 1.54) is 11.8 Å². The van der Waals surface area contributed by atoms with Crippen molar-refractivity contribution in [2.75, 3.05) is 13.2 Å². The van der Waals surface area contributed by atoms with Gasteiger partial charge in [0.1, 0.15) is 12.4 Å². The first-order valence-electron chi connectivity index (χ1n) is 8.25. The van der Waals surface area contributed by atoms with Gasteiger partial charge in [-0.25, -0.2) is 4.99 Å². The van der Waals surface area contributed by atoms with Gasteiger partial charge < -0.3 is 4.74 Å². The Morgan fingerprint density at radius 1 is 1.31 bits per heavy atom. The van der Waals surface area contributed by atoms with E-state index in [2.05, 4.69) is 16.6 Å². The van der Waals surface area contributed by atoms with Crippen LogP contribution in [0.1, 0.15) is 12.5 Å². The molecule has 0 saturated carbocycles. The highest BCUT2D eigenvalue weighted by molar-refractivity contribution is 8.18. The van der Waals surface area contributed by atoms with Gasteiger partial charge in [0.2, 0.25) is 0 Å². The summed E-state index contributed by atoms with van der Waals surface area (Å²) in [4.78, 5) is 23.7. The number of aliphatic imine (C=N–C) groups is 1. The third-order valence-corrected chi connectivity index (χ3v) is 4.64. The Morgan fingerprint density at radius 2 is 2.15 bits per heavy atom. The average Bonchev–Trinajstić information content (AvgIpc) is 2.96. The molecule has 0 unspecified atom stereocenters. The van der Waals surface area contributed by atoms with Crippen molar-refractivity contribution in [2.45, 2.75) is 6.92 Å². The fourth-order valence-corrected chi connectivity index (χ4v) is 3.48. The second-order valence-corrected chi connectivity index (χ2v) is 6.41. The minimum absolute atomic E-state index is 0.0568. The predicted octanol–water partition coefficient (Wildman–Crippen LogP) is 4.27. The average molecular weight is 365 g/mol. The quantitative estimate of drug-likeness (QED) is 0.567. The molecule has 5 nitrogen and oxygen atoms in total. The van der Waals surface area contributed by atoms with Crippen LogP contribution in [0.15, 0.2) is 71.3 Å². The van der Waals surface area contributed by atoms with E-state index in [-0.39, 0.29) is 5.91 Å². The minimum Gasteiger partial charge on any atom is -0.489 e. The second-order valence-electron chi connectivity index (χ2n) is 5.40. The summed E-state index contributed by atoms with van der Waals surface area (Å²) in [5.41, 5.74) is 1.57. The molecule has 1 aromatic heterocycles. The van der Waals surface area contributed by atoms with Crippen molar-refractivity contribution < 1.29 is 9.53 Å². The summed E-state index contributed by atoms with van der Waals surface area (Å²) < 4.78 is 5.67. The lowest BCUT2D eigenvalue weighted by atomic mass is 10.2. The Bertz CT molecular complexity index is 862. The van der Waals surface area contributed by atoms with Crippen molar-refractivity contribution >= 4 is 34.6 Å². The van der Waals surface area contributed by atoms with Crippen LogP contribution in [0, 0.1) is 0 Å². The molecular formula is C20H19N3O2S. The minimum atomic E-state index is -0.0568. The van der Waals surface area contributed by atoms with Gasteiger partial charge in [-0.05, 0) is 43.0 Å². The molecule has 1 fully saturated rings. The normalized spacial score (nSPS) is 17.1. The van der Waals surface area contributed by atoms with E-state index in [1.807, 2.05) is 49.4 Å². The van der Waals surface area contributed by atoms with Crippen molar-refractivity contribution in [2.24, 2.45) is 4.99 Å². The van der Waals surface area contributed by atoms with E-state index in [1.54, 1.807) is 23.4 Å². The number of pyridine rings is 1. The first-order valence-corrected chi connectivity index (χ1v) is 9.07. The van der Waals surface area contributed by atoms with E-state index in [9.17, 15) is 4.79 Å². The maximum Gasteiger partial charge on any atom is 0.266 e. The fraction of sp³-hybridized carbons (Fsp3) is 0.150. The standard InChI is InChI=1S/C20H19N3O2S/c1-3-12-25-17-10-6-5-8-15(17)13-18-19(24)23(4-2)20(26-18)22-16-9-7-11-21-14-16/h3,5-11,13-14H,1,4,12H2,2H3/b18-13-,22-20?. The van der Waals surface area contributed by atoms with Crippen LogP contribution in [0.25, 0.3) is 6.08 Å². The van der Waals surface area contributed by atoms with Gasteiger partial charge in [0.25, 0.3) is 5.91 Å². The molecule has 2 aromatic rings. The summed E-state index contributed by atoms with van der Waals surface area (Å²) in [7, 11) is 0. The smallest absolute Gasteiger partial charge is 0.266 e. The summed E-state index contributed by atoms with van der Waals surface area (Å²) in [5.74, 6) is 0.660. The molecule has 1 aromatic carbocycles. The van der Waals surface area contributed by atoms with Gasteiger partial charge in [0.15, 0.2) is 5.17 Å². The molecule has 1 saturated heterocycles. The number of rotatable bonds is 6. The van der Waals surface area contributed by atoms with Crippen LogP contribution in [-0.4, -0.2) is 34.1 Å². The van der Waals surface area contributed by atoms with E-state index in [0.717, 1.165) is 11.3 Å². The van der Waals surface area contributed by atoms with Crippen LogP contribution >= 0.6 is 11.8 Å². The summed E-state index contributed by atoms with van der Waals surface area (Å²) >= 11 is 1.36. The SMILES string of the molecule is C=CCOc1ccccc1/C=C1\SC(=Nc2cccnc2)N(CC)C1=O. The monoisotopic (exact) mass is 365 g/mol. The topological polar surface area (TPSA) is 54.8 Å². The Balaban J connectivity index is 1.92. The summed E-state index contributed by atoms with van der Waals surface area (Å²) in [6.45, 7) is 6.56. The van der Waals surface area contributed by atoms with Crippen LogP contribution in [0.2, 0.25) is 0 Å². The number of para-hydroxylation sites is 1. The Kier molecular flexibility index (Phi) is 5.86. The lowest BCUT2D eigenvalue weighted by molar-refractivity contribution is -0.122. The molecule has 0 N–H and O–H groups in total. The van der Waals surface area contributed by atoms with Crippen molar-refractivity contribution in [3.05, 3.63) is 71.9 Å². The molecule has 0 spiro atoms. The van der Waals surface area contributed by atoms with Gasteiger partial charge in [0, 0.05) is 18.3 Å². The molecular weight excluding hydrogens is 346 g/mol. The van der Waals surface area contributed by atoms with Gasteiger partial charge in [-0.3, -0.25) is 14.7 Å². The number of carbonyl (C=O) groups is 1. The zero-order valence-electron chi connectivity index (χ0n) is 14.5. The van der Waals surface area contributed by atoms with Gasteiger partial charge in [-0.2, -0.15) is 0 Å². The van der Waals surface area contributed by atoms with Crippen LogP contribution in [0.5, 0.6) is 5.75 Å². The second kappa shape index (κ2) is 8.49. The fourth-order valence-electron chi connectivity index (χ4n) is 2.42. The Labute approximate surface area is 157 Å². The molecule has 3 rings (SSSR count). The Hall–Kier alpha value is -2.86. The Morgan fingerprint density at radius 3 is 2.88 bits per heavy atom. The third kappa shape index (κ3) is 4.03. The van der Waals surface area contributed by atoms with Crippen molar-refractivity contribution in [3.8, 4) is 5.75 Å². The number of hydrogen-bond acceptors (Lipinski definition) is 5. The number of amidine groups is 1. The number of aromatic nitrogens is 1. The number of likely N-dealkylation sites (N-methyl/N-ethyl adjacent to an activating group) is 1. The number of carbonyl (C=O) groups excluding carboxylic acids is 1. The van der Waals surface area contributed by atoms with E-state index < -0.39 is 0 Å². The maximum absolute atomic E-state index is 12.8. The van der Waals surface area contributed by atoms with Crippen LogP contribution in [-0.2, 0) is 4.79 Å². The number of hydrogen-bond donors (Lipinski definition) is 0. The molecule has 1 aliphatic heterocycles. The lowest BCUT2D eigenvalue weighted by Crippen LogP contribution is -2.28. The van der Waals surface area contributed by atoms with E-state index >= 15 is 0 Å². The summed E-state index contributed by atoms with van der Waals surface area (Å²) in [6, 6.07) is 11.3. The van der Waals surface area contributed by atoms with Crippen LogP contribution < -0.4 is 4.74 Å². The van der Waals surface area contributed by atoms with E-state index in [0.29, 0.717) is 29.0 Å². The van der Waals surface area contributed by atoms with Crippen molar-refractivity contribution in [1.82, 2.24) is 9.88 Å². The molecule has 2 heterocycles. The molecule has 0 aliphatic carbocycles. The molecule has 1 amide bonds. The van der Waals surface area contributed by atoms with Crippen molar-refractivity contribution in [3.63, 3.8) is 0 Å². The van der Waals surface area contributed by atoms with Gasteiger partial charge in [-0.15, -0.1) is 0 Å². The number of amides is 1. The molecule has 26 heavy (non-hydrogen) atoms.